The smallest absolute Gasteiger partial charge is 0.0367 e. The monoisotopic (exact) mass is 135 g/mol. The van der Waals surface area contributed by atoms with E-state index < -0.39 is 0 Å². The van der Waals surface area contributed by atoms with Gasteiger partial charge in [0.05, 0.1) is 0 Å². The molecule has 3 heteroatoms. The van der Waals surface area contributed by atoms with Gasteiger partial charge in [-0.1, -0.05) is 29.8 Å². The van der Waals surface area contributed by atoms with Crippen molar-refractivity contribution < 1.29 is 0 Å². The van der Waals surface area contributed by atoms with Gasteiger partial charge in [0.1, 0.15) is 0 Å². The van der Waals surface area contributed by atoms with Crippen LogP contribution in [-0.4, -0.2) is 0 Å². The van der Waals surface area contributed by atoms with Crippen LogP contribution in [0.15, 0.2) is 28.5 Å². The largest absolute Gasteiger partial charge is 0.0772 e. The molecule has 1 rings (SSSR count). The maximum atomic E-state index is 8.12. The molecule has 0 bridgehead atoms. The molecule has 0 aromatic heterocycles. The number of rotatable bonds is 1. The summed E-state index contributed by atoms with van der Waals surface area (Å²) in [7, 11) is 0. The van der Waals surface area contributed by atoms with Gasteiger partial charge in [-0.05, 0) is 18.4 Å². The zero-order chi connectivity index (χ0) is 7.56. The van der Waals surface area contributed by atoms with Crippen LogP contribution in [0.1, 0.15) is 13.8 Å². The van der Waals surface area contributed by atoms with E-state index in [1.807, 2.05) is 19.1 Å². The number of nitrogens with zero attached hydrogens (tertiary/aromatic N) is 3. The van der Waals surface area contributed by atoms with E-state index in [0.717, 1.165) is 11.3 Å². The lowest BCUT2D eigenvalue weighted by Crippen LogP contribution is -1.86. The molecule has 0 aliphatic heterocycles. The zero-order valence-electron chi connectivity index (χ0n) is 6.07. The van der Waals surface area contributed by atoms with E-state index in [-0.39, 0.29) is 0 Å². The Balaban J connectivity index is 2.95. The van der Waals surface area contributed by atoms with E-state index in [4.69, 9.17) is 5.53 Å². The van der Waals surface area contributed by atoms with Crippen molar-refractivity contribution in [2.75, 3.05) is 0 Å². The first kappa shape index (κ1) is 6.90. The third-order valence-corrected chi connectivity index (χ3v) is 1.78. The Morgan fingerprint density at radius 2 is 2.40 bits per heavy atom. The molecule has 0 aromatic rings. The molecule has 1 atom stereocenters. The normalized spacial score (nSPS) is 23.2. The molecule has 0 saturated heterocycles. The minimum Gasteiger partial charge on any atom is -0.0772 e. The molecule has 0 radical (unpaired) electrons. The van der Waals surface area contributed by atoms with Crippen LogP contribution in [0.2, 0.25) is 0 Å². The van der Waals surface area contributed by atoms with E-state index >= 15 is 0 Å². The van der Waals surface area contributed by atoms with Gasteiger partial charge in [0.15, 0.2) is 0 Å². The second-order valence-electron chi connectivity index (χ2n) is 2.41. The highest BCUT2D eigenvalue weighted by Crippen LogP contribution is 2.24. The van der Waals surface area contributed by atoms with Crippen LogP contribution < -0.4 is 0 Å². The lowest BCUT2D eigenvalue weighted by Gasteiger charge is -1.99. The Hall–Kier alpha value is -1.21. The van der Waals surface area contributed by atoms with Crippen LogP contribution in [0.25, 0.3) is 10.4 Å². The molecule has 0 spiro atoms. The second-order valence-corrected chi connectivity index (χ2v) is 2.41. The van der Waals surface area contributed by atoms with Crippen LogP contribution in [0.5, 0.6) is 0 Å². The lowest BCUT2D eigenvalue weighted by molar-refractivity contribution is 0.873. The first-order chi connectivity index (χ1) is 4.75. The molecule has 0 amide bonds. The summed E-state index contributed by atoms with van der Waals surface area (Å²) in [5.41, 5.74) is 10.0. The van der Waals surface area contributed by atoms with Gasteiger partial charge in [-0.15, -0.1) is 0 Å². The maximum Gasteiger partial charge on any atom is 0.0367 e. The third-order valence-electron chi connectivity index (χ3n) is 1.78. The average molecular weight is 135 g/mol. The molecule has 1 unspecified atom stereocenters. The van der Waals surface area contributed by atoms with Gasteiger partial charge in [-0.3, -0.25) is 0 Å². The van der Waals surface area contributed by atoms with E-state index in [1.165, 1.54) is 0 Å². The SMILES string of the molecule is CC1=C(N=[N+]=[N-])C=CC1C. The summed E-state index contributed by atoms with van der Waals surface area (Å²) >= 11 is 0. The first-order valence-corrected chi connectivity index (χ1v) is 3.19. The predicted octanol–water partition coefficient (Wildman–Crippen LogP) is 2.78. The fourth-order valence-corrected chi connectivity index (χ4v) is 0.905. The summed E-state index contributed by atoms with van der Waals surface area (Å²) in [6.07, 6.45) is 3.89. The van der Waals surface area contributed by atoms with Crippen molar-refractivity contribution in [2.24, 2.45) is 11.0 Å². The van der Waals surface area contributed by atoms with Crippen LogP contribution in [0, 0.1) is 5.92 Å². The van der Waals surface area contributed by atoms with Crippen LogP contribution in [0.3, 0.4) is 0 Å². The minimum absolute atomic E-state index is 0.431. The van der Waals surface area contributed by atoms with Gasteiger partial charge in [0.25, 0.3) is 0 Å². The molecule has 0 N–H and O–H groups in total. The van der Waals surface area contributed by atoms with Gasteiger partial charge in [0, 0.05) is 10.6 Å². The molecule has 1 aliphatic carbocycles. The highest BCUT2D eigenvalue weighted by Gasteiger charge is 2.09. The molecule has 52 valence electrons. The van der Waals surface area contributed by atoms with Crippen molar-refractivity contribution in [3.8, 4) is 0 Å². The fraction of sp³-hybridized carbons (Fsp3) is 0.429. The number of allylic oxidation sites excluding steroid dienone is 3. The van der Waals surface area contributed by atoms with Crippen molar-refractivity contribution in [2.45, 2.75) is 13.8 Å². The summed E-state index contributed by atoms with van der Waals surface area (Å²) in [6.45, 7) is 4.06. The van der Waals surface area contributed by atoms with Crippen LogP contribution >= 0.6 is 0 Å². The van der Waals surface area contributed by atoms with Crippen LogP contribution in [0.4, 0.5) is 0 Å². The zero-order valence-corrected chi connectivity index (χ0v) is 6.07. The summed E-state index contributed by atoms with van der Waals surface area (Å²) in [5, 5.41) is 3.53. The molecular formula is C7H9N3. The third kappa shape index (κ3) is 1.04. The van der Waals surface area contributed by atoms with E-state index in [1.54, 1.807) is 0 Å². The highest BCUT2D eigenvalue weighted by atomic mass is 15.1. The molecule has 0 aromatic carbocycles. The quantitative estimate of drug-likeness (QED) is 0.301. The molecular weight excluding hydrogens is 126 g/mol. The minimum atomic E-state index is 0.431. The van der Waals surface area contributed by atoms with Gasteiger partial charge >= 0.3 is 0 Å². The van der Waals surface area contributed by atoms with Crippen LogP contribution in [-0.2, 0) is 0 Å². The van der Waals surface area contributed by atoms with E-state index in [9.17, 15) is 0 Å². The van der Waals surface area contributed by atoms with Crippen molar-refractivity contribution in [3.63, 3.8) is 0 Å². The lowest BCUT2D eigenvalue weighted by atomic mass is 10.1. The Morgan fingerprint density at radius 3 is 2.80 bits per heavy atom. The van der Waals surface area contributed by atoms with E-state index in [2.05, 4.69) is 16.9 Å². The first-order valence-electron chi connectivity index (χ1n) is 3.19. The average Bonchev–Trinajstić information content (AvgIpc) is 2.20. The Bertz CT molecular complexity index is 244. The molecule has 0 heterocycles. The number of azide groups is 1. The van der Waals surface area contributed by atoms with Crippen molar-refractivity contribution >= 4 is 0 Å². The van der Waals surface area contributed by atoms with Crippen molar-refractivity contribution in [1.82, 2.24) is 0 Å². The molecule has 1 aliphatic rings. The second kappa shape index (κ2) is 2.58. The molecule has 3 nitrogen and oxygen atoms in total. The molecule has 0 saturated carbocycles. The van der Waals surface area contributed by atoms with Gasteiger partial charge in [-0.25, -0.2) is 0 Å². The standard InChI is InChI=1S/C7H9N3/c1-5-3-4-7(6(5)2)9-10-8/h3-5H,1-2H3. The Morgan fingerprint density at radius 1 is 1.70 bits per heavy atom. The number of hydrogen-bond acceptors (Lipinski definition) is 1. The molecule has 10 heavy (non-hydrogen) atoms. The maximum absolute atomic E-state index is 8.12. The Kier molecular flexibility index (Phi) is 1.78. The topological polar surface area (TPSA) is 48.8 Å². The molecule has 0 fully saturated rings. The predicted molar refractivity (Wildman–Crippen MR) is 40.2 cm³/mol. The summed E-state index contributed by atoms with van der Waals surface area (Å²) in [5.74, 6) is 0.431. The summed E-state index contributed by atoms with van der Waals surface area (Å²) in [6, 6.07) is 0. The van der Waals surface area contributed by atoms with Gasteiger partial charge in [0.2, 0.25) is 0 Å². The summed E-state index contributed by atoms with van der Waals surface area (Å²) in [4.78, 5) is 2.72. The van der Waals surface area contributed by atoms with Gasteiger partial charge in [-0.2, -0.15) is 0 Å². The fourth-order valence-electron chi connectivity index (χ4n) is 0.905. The van der Waals surface area contributed by atoms with Crippen molar-refractivity contribution in [1.29, 1.82) is 0 Å². The highest BCUT2D eigenvalue weighted by molar-refractivity contribution is 5.33. The van der Waals surface area contributed by atoms with Crippen molar-refractivity contribution in [3.05, 3.63) is 33.9 Å². The van der Waals surface area contributed by atoms with Gasteiger partial charge < -0.3 is 0 Å². The number of hydrogen-bond donors (Lipinski definition) is 0. The summed E-state index contributed by atoms with van der Waals surface area (Å²) < 4.78 is 0. The van der Waals surface area contributed by atoms with E-state index in [0.29, 0.717) is 5.92 Å². The Labute approximate surface area is 59.7 Å².